The van der Waals surface area contributed by atoms with Crippen molar-refractivity contribution in [3.8, 4) is 22.6 Å². The molecule has 2 heteroatoms. The van der Waals surface area contributed by atoms with Crippen LogP contribution in [0.4, 0.5) is 0 Å². The lowest BCUT2D eigenvalue weighted by atomic mass is 9.78. The average molecular weight is 367 g/mol. The minimum absolute atomic E-state index is 0.0706. The predicted octanol–water partition coefficient (Wildman–Crippen LogP) is 7.30. The predicted molar refractivity (Wildman–Crippen MR) is 113 cm³/mol. The molecule has 2 aliphatic carbocycles. The molecule has 2 fully saturated rings. The lowest BCUT2D eigenvalue weighted by molar-refractivity contribution is 0.244. The molecule has 4 rings (SSSR count). The lowest BCUT2D eigenvalue weighted by Gasteiger charge is -2.28. The second-order valence-corrected chi connectivity index (χ2v) is 8.28. The van der Waals surface area contributed by atoms with E-state index in [9.17, 15) is 10.2 Å². The molecule has 2 saturated carbocycles. The minimum atomic E-state index is -0.0913. The smallest absolute Gasteiger partial charge is 0.165 e. The Morgan fingerprint density at radius 1 is 0.630 bits per heavy atom. The van der Waals surface area contributed by atoms with E-state index in [2.05, 4.69) is 0 Å². The van der Waals surface area contributed by atoms with Crippen LogP contribution in [-0.2, 0) is 0 Å². The topological polar surface area (TPSA) is 40.5 Å². The number of hydrogen-bond acceptors (Lipinski definition) is 2. The van der Waals surface area contributed by atoms with Gasteiger partial charge in [-0.3, -0.25) is 0 Å². The molecule has 27 heavy (non-hydrogen) atoms. The van der Waals surface area contributed by atoms with Gasteiger partial charge in [-0.15, -0.1) is 0 Å². The number of hydrogen-bond donors (Lipinski definition) is 2. The number of rotatable bonds is 3. The Labute approximate surface area is 164 Å². The van der Waals surface area contributed by atoms with Gasteiger partial charge >= 0.3 is 0 Å². The summed E-state index contributed by atoms with van der Waals surface area (Å²) in [6, 6.07) is 14.4. The molecule has 2 aliphatic rings. The first-order valence-corrected chi connectivity index (χ1v) is 10.8. The summed E-state index contributed by atoms with van der Waals surface area (Å²) < 4.78 is 0. The summed E-state index contributed by atoms with van der Waals surface area (Å²) in [6.45, 7) is 0. The Hall–Kier alpha value is -1.96. The van der Waals surface area contributed by atoms with Crippen molar-refractivity contribution in [3.05, 3.63) is 48.5 Å². The highest BCUT2D eigenvalue weighted by Crippen LogP contribution is 2.36. The third-order valence-corrected chi connectivity index (χ3v) is 6.22. The Morgan fingerprint density at radius 2 is 1.19 bits per heavy atom. The first-order valence-electron chi connectivity index (χ1n) is 10.8. The minimum Gasteiger partial charge on any atom is -0.504 e. The molecule has 2 aromatic rings. The monoisotopic (exact) mass is 366 g/mol. The molecule has 0 heterocycles. The number of phenolic OH excluding ortho intramolecular Hbond substituents is 2. The van der Waals surface area contributed by atoms with Crippen LogP contribution in [-0.4, -0.2) is 10.2 Å². The van der Waals surface area contributed by atoms with Gasteiger partial charge in [0.25, 0.3) is 0 Å². The molecule has 2 nitrogen and oxygen atoms in total. The molecule has 0 saturated heterocycles. The average Bonchev–Trinajstić information content (AvgIpc) is 2.73. The highest BCUT2D eigenvalue weighted by molar-refractivity contribution is 5.72. The van der Waals surface area contributed by atoms with Crippen LogP contribution in [0.15, 0.2) is 48.5 Å². The summed E-state index contributed by atoms with van der Waals surface area (Å²) in [7, 11) is 0. The molecule has 2 N–H and O–H groups in total. The Morgan fingerprint density at radius 3 is 1.74 bits per heavy atom. The third kappa shape index (κ3) is 6.02. The molecule has 2 aromatic carbocycles. The summed E-state index contributed by atoms with van der Waals surface area (Å²) >= 11 is 0. The van der Waals surface area contributed by atoms with E-state index in [0.717, 1.165) is 17.4 Å². The maximum Gasteiger partial charge on any atom is 0.165 e. The van der Waals surface area contributed by atoms with E-state index in [1.54, 1.807) is 44.2 Å². The van der Waals surface area contributed by atoms with Crippen molar-refractivity contribution in [2.24, 2.45) is 11.8 Å². The molecule has 0 aromatic heterocycles. The molecule has 146 valence electrons. The van der Waals surface area contributed by atoms with Gasteiger partial charge < -0.3 is 10.2 Å². The van der Waals surface area contributed by atoms with Gasteiger partial charge in [0, 0.05) is 5.56 Å². The van der Waals surface area contributed by atoms with Gasteiger partial charge in [-0.05, 0) is 29.9 Å². The number of aromatic hydroxyl groups is 2. The summed E-state index contributed by atoms with van der Waals surface area (Å²) in [6.07, 6.45) is 16.9. The Balaban J connectivity index is 0.000000156. The normalized spacial score (nSPS) is 18.5. The maximum absolute atomic E-state index is 9.60. The molecule has 0 unspecified atom stereocenters. The fourth-order valence-electron chi connectivity index (χ4n) is 4.70. The number of benzene rings is 2. The van der Waals surface area contributed by atoms with E-state index < -0.39 is 0 Å². The van der Waals surface area contributed by atoms with Crippen LogP contribution in [0, 0.1) is 11.8 Å². The van der Waals surface area contributed by atoms with Crippen molar-refractivity contribution >= 4 is 0 Å². The molecule has 0 radical (unpaired) electrons. The maximum atomic E-state index is 9.60. The van der Waals surface area contributed by atoms with Crippen LogP contribution in [0.3, 0.4) is 0 Å². The van der Waals surface area contributed by atoms with Crippen LogP contribution in [0.2, 0.25) is 0 Å². The molecule has 0 bridgehead atoms. The van der Waals surface area contributed by atoms with Crippen molar-refractivity contribution in [1.82, 2.24) is 0 Å². The molecular formula is C25H34O2. The van der Waals surface area contributed by atoms with Gasteiger partial charge in [0.2, 0.25) is 0 Å². The van der Waals surface area contributed by atoms with E-state index in [4.69, 9.17) is 0 Å². The molecule has 0 spiro atoms. The van der Waals surface area contributed by atoms with Crippen LogP contribution in [0.25, 0.3) is 11.1 Å². The summed E-state index contributed by atoms with van der Waals surface area (Å²) in [5, 5.41) is 18.9. The van der Waals surface area contributed by atoms with Crippen molar-refractivity contribution in [3.63, 3.8) is 0 Å². The van der Waals surface area contributed by atoms with Crippen LogP contribution in [0.5, 0.6) is 11.5 Å². The van der Waals surface area contributed by atoms with E-state index in [-0.39, 0.29) is 11.5 Å². The zero-order valence-corrected chi connectivity index (χ0v) is 16.4. The van der Waals surface area contributed by atoms with Gasteiger partial charge in [-0.25, -0.2) is 0 Å². The van der Waals surface area contributed by atoms with Gasteiger partial charge in [0.05, 0.1) is 0 Å². The summed E-state index contributed by atoms with van der Waals surface area (Å²) in [5.41, 5.74) is 1.53. The summed E-state index contributed by atoms with van der Waals surface area (Å²) in [4.78, 5) is 0. The van der Waals surface area contributed by atoms with Crippen molar-refractivity contribution in [2.75, 3.05) is 0 Å². The fraction of sp³-hybridized carbons (Fsp3) is 0.520. The Bertz CT molecular complexity index is 652. The van der Waals surface area contributed by atoms with E-state index in [1.807, 2.05) is 30.3 Å². The fourth-order valence-corrected chi connectivity index (χ4v) is 4.70. The SMILES string of the molecule is C1CCC(CC2CCCCC2)CC1.Oc1cccc(-c2ccccc2)c1O. The van der Waals surface area contributed by atoms with E-state index in [1.165, 1.54) is 44.6 Å². The highest BCUT2D eigenvalue weighted by Gasteiger charge is 2.20. The molecule has 0 aliphatic heterocycles. The van der Waals surface area contributed by atoms with E-state index >= 15 is 0 Å². The van der Waals surface area contributed by atoms with Crippen molar-refractivity contribution in [1.29, 1.82) is 0 Å². The lowest BCUT2D eigenvalue weighted by Crippen LogP contribution is -2.14. The van der Waals surface area contributed by atoms with Crippen LogP contribution in [0.1, 0.15) is 70.6 Å². The zero-order valence-electron chi connectivity index (χ0n) is 16.4. The standard InChI is InChI=1S/C13H24.C12H10O2/c1-3-7-12(8-4-1)11-13-9-5-2-6-10-13;13-11-8-4-7-10(12(11)14)9-5-2-1-3-6-9/h12-13H,1-11H2;1-8,13-14H. The second kappa shape index (κ2) is 10.4. The molecule has 0 atom stereocenters. The van der Waals surface area contributed by atoms with Crippen molar-refractivity contribution < 1.29 is 10.2 Å². The van der Waals surface area contributed by atoms with Gasteiger partial charge in [-0.2, -0.15) is 0 Å². The first kappa shape index (κ1) is 19.8. The second-order valence-electron chi connectivity index (χ2n) is 8.28. The zero-order chi connectivity index (χ0) is 18.9. The number of para-hydroxylation sites is 1. The Kier molecular flexibility index (Phi) is 7.62. The highest BCUT2D eigenvalue weighted by atomic mass is 16.3. The van der Waals surface area contributed by atoms with Crippen molar-refractivity contribution in [2.45, 2.75) is 70.6 Å². The van der Waals surface area contributed by atoms with Gasteiger partial charge in [-0.1, -0.05) is 107 Å². The van der Waals surface area contributed by atoms with E-state index in [0.29, 0.717) is 5.56 Å². The quantitative estimate of drug-likeness (QED) is 0.559. The van der Waals surface area contributed by atoms with Gasteiger partial charge in [0.1, 0.15) is 0 Å². The largest absolute Gasteiger partial charge is 0.504 e. The third-order valence-electron chi connectivity index (χ3n) is 6.22. The van der Waals surface area contributed by atoms with Crippen LogP contribution >= 0.6 is 0 Å². The van der Waals surface area contributed by atoms with Gasteiger partial charge in [0.15, 0.2) is 11.5 Å². The molecule has 0 amide bonds. The first-order chi connectivity index (χ1) is 13.2. The molecular weight excluding hydrogens is 332 g/mol. The summed E-state index contributed by atoms with van der Waals surface area (Å²) in [5.74, 6) is 2.08. The van der Waals surface area contributed by atoms with Crippen LogP contribution < -0.4 is 0 Å². The number of phenols is 2.